The number of carbonyl (C=O) groups is 1. The highest BCUT2D eigenvalue weighted by Crippen LogP contribution is 2.32. The SMILES string of the molecule is C[Si](C)(C)CCOCOc1cc(C(=O)O)cc2c1nc(-c1cccc3c(=O)n(CCC#N)sc13)c(=O)n2COCC[Si](C)(C)C. The first kappa shape index (κ1) is 34.3. The Labute approximate surface area is 267 Å². The quantitative estimate of drug-likeness (QED) is 0.0908. The molecule has 4 rings (SSSR count). The lowest BCUT2D eigenvalue weighted by Crippen LogP contribution is -2.27. The Morgan fingerprint density at radius 3 is 2.36 bits per heavy atom. The van der Waals surface area contributed by atoms with Crippen LogP contribution in [0.3, 0.4) is 0 Å². The third kappa shape index (κ3) is 8.56. The molecule has 2 aromatic heterocycles. The normalized spacial score (nSPS) is 12.1. The molecule has 0 saturated heterocycles. The number of carboxylic acids is 1. The van der Waals surface area contributed by atoms with Crippen LogP contribution >= 0.6 is 11.5 Å². The zero-order valence-electron chi connectivity index (χ0n) is 26.6. The second-order valence-corrected chi connectivity index (χ2v) is 25.5. The van der Waals surface area contributed by atoms with Gasteiger partial charge in [0, 0.05) is 41.5 Å². The summed E-state index contributed by atoms with van der Waals surface area (Å²) in [5.41, 5.74) is 0.238. The number of hydrogen-bond acceptors (Lipinski definition) is 9. The van der Waals surface area contributed by atoms with Gasteiger partial charge in [-0.2, -0.15) is 5.26 Å². The first-order chi connectivity index (χ1) is 21.2. The van der Waals surface area contributed by atoms with Crippen molar-refractivity contribution in [3.63, 3.8) is 0 Å². The second kappa shape index (κ2) is 14.2. The van der Waals surface area contributed by atoms with E-state index in [1.54, 1.807) is 18.2 Å². The lowest BCUT2D eigenvalue weighted by molar-refractivity contribution is 0.0227. The maximum atomic E-state index is 14.2. The molecule has 11 nitrogen and oxygen atoms in total. The molecule has 0 spiro atoms. The van der Waals surface area contributed by atoms with Crippen molar-refractivity contribution < 1.29 is 24.1 Å². The number of aromatic nitrogens is 3. The molecule has 0 radical (unpaired) electrons. The number of nitrogens with zero attached hydrogens (tertiary/aromatic N) is 4. The van der Waals surface area contributed by atoms with Gasteiger partial charge in [-0.05, 0) is 30.3 Å². The van der Waals surface area contributed by atoms with Crippen molar-refractivity contribution in [3.05, 3.63) is 56.6 Å². The molecule has 0 amide bonds. The van der Waals surface area contributed by atoms with Crippen molar-refractivity contribution >= 4 is 54.8 Å². The number of aryl methyl sites for hydroxylation is 1. The van der Waals surface area contributed by atoms with Crippen molar-refractivity contribution in [2.24, 2.45) is 0 Å². The Morgan fingerprint density at radius 1 is 1.02 bits per heavy atom. The minimum absolute atomic E-state index is 0.0701. The molecule has 0 aliphatic carbocycles. The van der Waals surface area contributed by atoms with E-state index in [-0.39, 0.29) is 60.1 Å². The predicted octanol–water partition coefficient (Wildman–Crippen LogP) is 6.06. The van der Waals surface area contributed by atoms with Gasteiger partial charge in [0.1, 0.15) is 17.9 Å². The molecule has 0 atom stereocenters. The predicted molar refractivity (Wildman–Crippen MR) is 182 cm³/mol. The maximum Gasteiger partial charge on any atom is 0.335 e. The highest BCUT2D eigenvalue weighted by molar-refractivity contribution is 7.14. The Bertz CT molecular complexity index is 1860. The highest BCUT2D eigenvalue weighted by Gasteiger charge is 2.23. The van der Waals surface area contributed by atoms with Gasteiger partial charge in [-0.3, -0.25) is 18.1 Å². The first-order valence-electron chi connectivity index (χ1n) is 14.8. The smallest absolute Gasteiger partial charge is 0.335 e. The first-order valence-corrected chi connectivity index (χ1v) is 23.0. The Kier molecular flexibility index (Phi) is 10.8. The van der Waals surface area contributed by atoms with E-state index in [4.69, 9.17) is 24.5 Å². The number of hydrogen-bond donors (Lipinski definition) is 1. The summed E-state index contributed by atoms with van der Waals surface area (Å²) in [7, 11) is -2.75. The fourth-order valence-electron chi connectivity index (χ4n) is 4.50. The molecule has 1 N–H and O–H groups in total. The summed E-state index contributed by atoms with van der Waals surface area (Å²) in [6.07, 6.45) is 0.171. The minimum atomic E-state index is -1.42. The zero-order chi connectivity index (χ0) is 32.9. The van der Waals surface area contributed by atoms with Gasteiger partial charge in [0.15, 0.2) is 12.5 Å². The molecule has 0 unspecified atom stereocenters. The van der Waals surface area contributed by atoms with Crippen LogP contribution in [0.15, 0.2) is 39.9 Å². The summed E-state index contributed by atoms with van der Waals surface area (Å²) < 4.78 is 21.1. The summed E-state index contributed by atoms with van der Waals surface area (Å²) >= 11 is 1.17. The molecule has 240 valence electrons. The number of benzene rings is 2. The van der Waals surface area contributed by atoms with E-state index >= 15 is 0 Å². The van der Waals surface area contributed by atoms with E-state index in [0.29, 0.717) is 28.9 Å². The number of rotatable bonds is 15. The van der Waals surface area contributed by atoms with Gasteiger partial charge >= 0.3 is 5.97 Å². The second-order valence-electron chi connectivity index (χ2n) is 13.3. The molecule has 2 heterocycles. The summed E-state index contributed by atoms with van der Waals surface area (Å²) in [6, 6.07) is 11.8. The monoisotopic (exact) mass is 668 g/mol. The lowest BCUT2D eigenvalue weighted by Gasteiger charge is -2.19. The summed E-state index contributed by atoms with van der Waals surface area (Å²) in [6.45, 7) is 14.3. The van der Waals surface area contributed by atoms with E-state index in [2.05, 4.69) is 45.4 Å². The van der Waals surface area contributed by atoms with Crippen molar-refractivity contribution in [1.82, 2.24) is 13.5 Å². The van der Waals surface area contributed by atoms with Gasteiger partial charge < -0.3 is 19.3 Å². The van der Waals surface area contributed by atoms with Crippen molar-refractivity contribution in [2.45, 2.75) is 71.1 Å². The highest BCUT2D eigenvalue weighted by atomic mass is 32.1. The molecule has 0 saturated carbocycles. The van der Waals surface area contributed by atoms with Gasteiger partial charge in [-0.1, -0.05) is 62.9 Å². The van der Waals surface area contributed by atoms with Crippen LogP contribution in [0.1, 0.15) is 16.8 Å². The molecular weight excluding hydrogens is 629 g/mol. The third-order valence-electron chi connectivity index (χ3n) is 7.13. The number of ether oxygens (including phenoxy) is 3. The number of fused-ring (bicyclic) bond motifs is 2. The van der Waals surface area contributed by atoms with Crippen LogP contribution in [-0.4, -0.2) is 60.7 Å². The number of carboxylic acid groups (broad SMARTS) is 1. The van der Waals surface area contributed by atoms with Gasteiger partial charge in [-0.15, -0.1) is 0 Å². The summed E-state index contributed by atoms with van der Waals surface area (Å²) in [4.78, 5) is 44.1. The standard InChI is InChI=1S/C31H40N4O7SSi2/c1-44(2,3)15-13-40-19-34-24-17-21(31(38)39)18-25(42-20-41-14-16-45(4,5)6)27(24)33-26(30(34)37)22-9-7-10-23-28(22)43-35(29(23)36)12-8-11-32/h7,9-10,17-18H,8,12-16,19-20H2,1-6H3,(H,38,39). The van der Waals surface area contributed by atoms with E-state index in [1.165, 1.54) is 32.2 Å². The van der Waals surface area contributed by atoms with Crippen LogP contribution in [0.2, 0.25) is 51.4 Å². The number of nitriles is 1. The average Bonchev–Trinajstić information content (AvgIpc) is 3.28. The molecule has 0 fully saturated rings. The number of aromatic carboxylic acids is 1. The molecule has 45 heavy (non-hydrogen) atoms. The van der Waals surface area contributed by atoms with Crippen molar-refractivity contribution in [2.75, 3.05) is 20.0 Å². The van der Waals surface area contributed by atoms with E-state index in [9.17, 15) is 19.5 Å². The van der Waals surface area contributed by atoms with Crippen molar-refractivity contribution in [3.8, 4) is 23.1 Å². The summed E-state index contributed by atoms with van der Waals surface area (Å²) in [5.74, 6) is -1.03. The van der Waals surface area contributed by atoms with Crippen LogP contribution in [0, 0.1) is 11.3 Å². The maximum absolute atomic E-state index is 14.2. The molecule has 0 aliphatic rings. The van der Waals surface area contributed by atoms with Crippen LogP contribution in [-0.2, 0) is 22.7 Å². The van der Waals surface area contributed by atoms with Gasteiger partial charge in [-0.25, -0.2) is 9.78 Å². The molecule has 2 aromatic carbocycles. The molecule has 0 aliphatic heterocycles. The molecule has 0 bridgehead atoms. The van der Waals surface area contributed by atoms with Crippen LogP contribution < -0.4 is 15.9 Å². The van der Waals surface area contributed by atoms with Gasteiger partial charge in [0.05, 0.1) is 33.7 Å². The van der Waals surface area contributed by atoms with Crippen LogP contribution in [0.25, 0.3) is 32.4 Å². The van der Waals surface area contributed by atoms with Crippen LogP contribution in [0.4, 0.5) is 0 Å². The van der Waals surface area contributed by atoms with Gasteiger partial charge in [0.25, 0.3) is 11.1 Å². The van der Waals surface area contributed by atoms with Crippen molar-refractivity contribution in [1.29, 1.82) is 5.26 Å². The molecule has 4 aromatic rings. The zero-order valence-corrected chi connectivity index (χ0v) is 29.5. The molecular formula is C31H40N4O7SSi2. The Hall–Kier alpha value is -3.62. The van der Waals surface area contributed by atoms with E-state index < -0.39 is 27.7 Å². The Morgan fingerprint density at radius 2 is 1.71 bits per heavy atom. The minimum Gasteiger partial charge on any atom is -0.478 e. The fraction of sp³-hybridized carbons (Fsp3) is 0.452. The average molecular weight is 669 g/mol. The largest absolute Gasteiger partial charge is 0.478 e. The van der Waals surface area contributed by atoms with Gasteiger partial charge in [0.2, 0.25) is 0 Å². The van der Waals surface area contributed by atoms with E-state index in [0.717, 1.165) is 12.1 Å². The third-order valence-corrected chi connectivity index (χ3v) is 11.7. The lowest BCUT2D eigenvalue weighted by atomic mass is 10.1. The molecule has 14 heteroatoms. The Balaban J connectivity index is 1.88. The van der Waals surface area contributed by atoms with Crippen LogP contribution in [0.5, 0.6) is 5.75 Å². The topological polar surface area (TPSA) is 146 Å². The fourth-order valence-corrected chi connectivity index (χ4v) is 7.11. The van der Waals surface area contributed by atoms with E-state index in [1.807, 2.05) is 0 Å². The summed E-state index contributed by atoms with van der Waals surface area (Å²) in [5, 5.41) is 19.4.